The number of urea groups is 1. The molecule has 1 saturated heterocycles. The van der Waals surface area contributed by atoms with Gasteiger partial charge in [-0.3, -0.25) is 19.3 Å². The van der Waals surface area contributed by atoms with Gasteiger partial charge in [-0.2, -0.15) is 0 Å². The Kier molecular flexibility index (Phi) is 5.33. The van der Waals surface area contributed by atoms with Crippen LogP contribution >= 0.6 is 0 Å². The SMILES string of the molecule is O=C(CN1C(=O)C(=O)N(CCC2=CCCCC2)C1=O)c1ccc2c(c1)OCCO2. The van der Waals surface area contributed by atoms with Gasteiger partial charge in [0.15, 0.2) is 17.3 Å². The van der Waals surface area contributed by atoms with Gasteiger partial charge in [0.2, 0.25) is 0 Å². The van der Waals surface area contributed by atoms with Crippen LogP contribution in [-0.2, 0) is 9.59 Å². The zero-order valence-corrected chi connectivity index (χ0v) is 16.0. The molecule has 0 spiro atoms. The molecule has 3 aliphatic rings. The molecule has 0 radical (unpaired) electrons. The molecule has 1 fully saturated rings. The number of ketones is 1. The molecule has 0 bridgehead atoms. The average Bonchev–Trinajstić information content (AvgIpc) is 2.95. The average molecular weight is 398 g/mol. The molecule has 0 saturated carbocycles. The van der Waals surface area contributed by atoms with Crippen molar-refractivity contribution in [3.8, 4) is 11.5 Å². The Labute approximate surface area is 168 Å². The second-order valence-corrected chi connectivity index (χ2v) is 7.27. The molecule has 1 aromatic carbocycles. The summed E-state index contributed by atoms with van der Waals surface area (Å²) in [6, 6.07) is 3.96. The molecule has 1 aliphatic carbocycles. The molecule has 0 aromatic heterocycles. The van der Waals surface area contributed by atoms with Crippen LogP contribution in [0.3, 0.4) is 0 Å². The Morgan fingerprint density at radius 1 is 0.966 bits per heavy atom. The fourth-order valence-corrected chi connectivity index (χ4v) is 3.73. The van der Waals surface area contributed by atoms with E-state index in [4.69, 9.17) is 9.47 Å². The number of hydrogen-bond acceptors (Lipinski definition) is 6. The van der Waals surface area contributed by atoms with E-state index in [-0.39, 0.29) is 12.1 Å². The van der Waals surface area contributed by atoms with Crippen molar-refractivity contribution in [1.82, 2.24) is 9.80 Å². The highest BCUT2D eigenvalue weighted by atomic mass is 16.6. The molecule has 8 heteroatoms. The first-order valence-corrected chi connectivity index (χ1v) is 9.82. The van der Waals surface area contributed by atoms with Crippen LogP contribution in [0, 0.1) is 0 Å². The summed E-state index contributed by atoms with van der Waals surface area (Å²) in [5, 5.41) is 0. The number of nitrogens with zero attached hydrogens (tertiary/aromatic N) is 2. The van der Waals surface area contributed by atoms with E-state index in [1.807, 2.05) is 0 Å². The Bertz CT molecular complexity index is 906. The molecular formula is C21H22N2O6. The maximum Gasteiger partial charge on any atom is 0.334 e. The van der Waals surface area contributed by atoms with Crippen molar-refractivity contribution in [1.29, 1.82) is 0 Å². The van der Waals surface area contributed by atoms with Gasteiger partial charge in [0.1, 0.15) is 13.2 Å². The number of Topliss-reactive ketones (excluding diaryl/α,β-unsaturated/α-hetero) is 1. The van der Waals surface area contributed by atoms with E-state index in [2.05, 4.69) is 6.08 Å². The molecule has 4 rings (SSSR count). The molecule has 2 heterocycles. The third-order valence-electron chi connectivity index (χ3n) is 5.34. The molecule has 2 aliphatic heterocycles. The molecule has 152 valence electrons. The lowest BCUT2D eigenvalue weighted by molar-refractivity contribution is -0.143. The summed E-state index contributed by atoms with van der Waals surface area (Å²) in [7, 11) is 0. The van der Waals surface area contributed by atoms with Gasteiger partial charge in [-0.1, -0.05) is 11.6 Å². The molecule has 4 amide bonds. The molecular weight excluding hydrogens is 376 g/mol. The van der Waals surface area contributed by atoms with E-state index in [1.165, 1.54) is 11.6 Å². The Balaban J connectivity index is 1.42. The second-order valence-electron chi connectivity index (χ2n) is 7.27. The van der Waals surface area contributed by atoms with Crippen LogP contribution in [0.2, 0.25) is 0 Å². The first-order chi connectivity index (χ1) is 14.0. The van der Waals surface area contributed by atoms with Gasteiger partial charge >= 0.3 is 17.8 Å². The largest absolute Gasteiger partial charge is 0.486 e. The predicted octanol–water partition coefficient (Wildman–Crippen LogP) is 2.32. The van der Waals surface area contributed by atoms with E-state index in [0.717, 1.165) is 35.5 Å². The third-order valence-corrected chi connectivity index (χ3v) is 5.34. The third kappa shape index (κ3) is 3.87. The van der Waals surface area contributed by atoms with E-state index in [0.29, 0.717) is 31.1 Å². The Morgan fingerprint density at radius 2 is 1.72 bits per heavy atom. The summed E-state index contributed by atoms with van der Waals surface area (Å²) < 4.78 is 10.9. The van der Waals surface area contributed by atoms with Crippen LogP contribution in [0.4, 0.5) is 4.79 Å². The van der Waals surface area contributed by atoms with Crippen molar-refractivity contribution < 1.29 is 28.7 Å². The number of carbonyl (C=O) groups excluding carboxylic acids is 4. The summed E-state index contributed by atoms with van der Waals surface area (Å²) in [5.41, 5.74) is 1.49. The number of allylic oxidation sites excluding steroid dienone is 1. The monoisotopic (exact) mass is 398 g/mol. The van der Waals surface area contributed by atoms with Crippen molar-refractivity contribution in [2.24, 2.45) is 0 Å². The summed E-state index contributed by atoms with van der Waals surface area (Å²) in [6.07, 6.45) is 6.92. The maximum atomic E-state index is 12.6. The first-order valence-electron chi connectivity index (χ1n) is 9.82. The minimum Gasteiger partial charge on any atom is -0.486 e. The molecule has 0 atom stereocenters. The number of hydrogen-bond donors (Lipinski definition) is 0. The lowest BCUT2D eigenvalue weighted by atomic mass is 9.97. The van der Waals surface area contributed by atoms with Gasteiger partial charge in [-0.15, -0.1) is 0 Å². The Hall–Kier alpha value is -3.16. The van der Waals surface area contributed by atoms with Crippen molar-refractivity contribution in [3.05, 3.63) is 35.4 Å². The minimum atomic E-state index is -0.960. The first kappa shape index (κ1) is 19.2. The lowest BCUT2D eigenvalue weighted by Gasteiger charge is -2.19. The van der Waals surface area contributed by atoms with Crippen molar-refractivity contribution in [2.45, 2.75) is 32.1 Å². The number of rotatable bonds is 6. The van der Waals surface area contributed by atoms with Gasteiger partial charge in [-0.05, 0) is 50.3 Å². The van der Waals surface area contributed by atoms with Crippen LogP contribution in [0.5, 0.6) is 11.5 Å². The number of fused-ring (bicyclic) bond motifs is 1. The van der Waals surface area contributed by atoms with Crippen LogP contribution in [-0.4, -0.2) is 59.7 Å². The molecule has 1 aromatic rings. The van der Waals surface area contributed by atoms with E-state index < -0.39 is 30.2 Å². The Morgan fingerprint density at radius 3 is 2.48 bits per heavy atom. The van der Waals surface area contributed by atoms with Crippen LogP contribution in [0.25, 0.3) is 0 Å². The minimum absolute atomic E-state index is 0.157. The van der Waals surface area contributed by atoms with Gasteiger partial charge < -0.3 is 9.47 Å². The zero-order valence-electron chi connectivity index (χ0n) is 16.0. The van der Waals surface area contributed by atoms with E-state index in [9.17, 15) is 19.2 Å². The summed E-state index contributed by atoms with van der Waals surface area (Å²) in [5.74, 6) is -1.30. The number of ether oxygens (including phenoxy) is 2. The van der Waals surface area contributed by atoms with Gasteiger partial charge in [0, 0.05) is 12.1 Å². The van der Waals surface area contributed by atoms with E-state index in [1.54, 1.807) is 12.1 Å². The number of amides is 4. The highest BCUT2D eigenvalue weighted by Crippen LogP contribution is 2.31. The number of imide groups is 2. The normalized spacial score (nSPS) is 18.9. The van der Waals surface area contributed by atoms with Gasteiger partial charge in [0.05, 0.1) is 6.54 Å². The zero-order chi connectivity index (χ0) is 20.4. The van der Waals surface area contributed by atoms with Gasteiger partial charge in [0.25, 0.3) is 0 Å². The maximum absolute atomic E-state index is 12.6. The quantitative estimate of drug-likeness (QED) is 0.316. The highest BCUT2D eigenvalue weighted by molar-refractivity contribution is 6.45. The van der Waals surface area contributed by atoms with Crippen molar-refractivity contribution >= 4 is 23.6 Å². The summed E-state index contributed by atoms with van der Waals surface area (Å²) in [4.78, 5) is 51.4. The van der Waals surface area contributed by atoms with Crippen molar-refractivity contribution in [2.75, 3.05) is 26.3 Å². The molecule has 8 nitrogen and oxygen atoms in total. The summed E-state index contributed by atoms with van der Waals surface area (Å²) in [6.45, 7) is 0.492. The van der Waals surface area contributed by atoms with Crippen LogP contribution in [0.1, 0.15) is 42.5 Å². The van der Waals surface area contributed by atoms with Crippen molar-refractivity contribution in [3.63, 3.8) is 0 Å². The highest BCUT2D eigenvalue weighted by Gasteiger charge is 2.45. The second kappa shape index (κ2) is 8.06. The molecule has 0 unspecified atom stereocenters. The van der Waals surface area contributed by atoms with Crippen LogP contribution in [0.15, 0.2) is 29.8 Å². The fourth-order valence-electron chi connectivity index (χ4n) is 3.73. The molecule has 29 heavy (non-hydrogen) atoms. The smallest absolute Gasteiger partial charge is 0.334 e. The van der Waals surface area contributed by atoms with E-state index >= 15 is 0 Å². The number of benzene rings is 1. The van der Waals surface area contributed by atoms with Gasteiger partial charge in [-0.25, -0.2) is 9.69 Å². The topological polar surface area (TPSA) is 93.2 Å². The molecule has 0 N–H and O–H groups in total. The predicted molar refractivity (Wildman–Crippen MR) is 102 cm³/mol. The fraction of sp³-hybridized carbons (Fsp3) is 0.429. The summed E-state index contributed by atoms with van der Waals surface area (Å²) >= 11 is 0. The van der Waals surface area contributed by atoms with Crippen LogP contribution < -0.4 is 9.47 Å². The number of carbonyl (C=O) groups is 4. The standard InChI is InChI=1S/C21H22N2O6/c24-16(15-6-7-17-18(12-15)29-11-10-28-17)13-23-20(26)19(25)22(21(23)27)9-8-14-4-2-1-3-5-14/h4,6-7,12H,1-3,5,8-11,13H2. The lowest BCUT2D eigenvalue weighted by Crippen LogP contribution is -2.37.